The van der Waals surface area contributed by atoms with Crippen molar-refractivity contribution in [3.8, 4) is 17.4 Å². The van der Waals surface area contributed by atoms with Gasteiger partial charge in [-0.05, 0) is 29.3 Å². The van der Waals surface area contributed by atoms with Gasteiger partial charge < -0.3 is 19.3 Å². The number of aliphatic hydroxyl groups excluding tert-OH is 1. The maximum Gasteiger partial charge on any atom is 0.231 e. The van der Waals surface area contributed by atoms with Gasteiger partial charge in [0, 0.05) is 12.3 Å². The van der Waals surface area contributed by atoms with Gasteiger partial charge in [0.05, 0.1) is 6.61 Å². The van der Waals surface area contributed by atoms with Gasteiger partial charge in [0.25, 0.3) is 0 Å². The highest BCUT2D eigenvalue weighted by molar-refractivity contribution is 5.44. The van der Waals surface area contributed by atoms with E-state index in [4.69, 9.17) is 19.3 Å². The number of nitrogens with zero attached hydrogens (tertiary/aromatic N) is 1. The van der Waals surface area contributed by atoms with Crippen LogP contribution < -0.4 is 14.2 Å². The number of hydrogen-bond donors (Lipinski definition) is 1. The zero-order chi connectivity index (χ0) is 13.1. The first-order valence-electron chi connectivity index (χ1n) is 5.92. The molecule has 0 aliphatic carbocycles. The molecule has 0 saturated heterocycles. The molecule has 1 N–H and O–H groups in total. The summed E-state index contributed by atoms with van der Waals surface area (Å²) in [5, 5.41) is 8.92. The highest BCUT2D eigenvalue weighted by Gasteiger charge is 2.13. The van der Waals surface area contributed by atoms with Crippen molar-refractivity contribution in [1.82, 2.24) is 4.98 Å². The molecule has 0 bridgehead atoms. The lowest BCUT2D eigenvalue weighted by Crippen LogP contribution is -1.97. The second-order valence-corrected chi connectivity index (χ2v) is 4.14. The van der Waals surface area contributed by atoms with E-state index >= 15 is 0 Å². The first-order valence-corrected chi connectivity index (χ1v) is 5.92. The van der Waals surface area contributed by atoms with Gasteiger partial charge in [0.15, 0.2) is 11.5 Å². The smallest absolute Gasteiger partial charge is 0.231 e. The van der Waals surface area contributed by atoms with Crippen molar-refractivity contribution in [3.05, 3.63) is 47.7 Å². The quantitative estimate of drug-likeness (QED) is 0.908. The average Bonchev–Trinajstić information content (AvgIpc) is 2.93. The van der Waals surface area contributed by atoms with E-state index in [1.165, 1.54) is 0 Å². The van der Waals surface area contributed by atoms with Crippen molar-refractivity contribution in [3.63, 3.8) is 0 Å². The van der Waals surface area contributed by atoms with E-state index in [1.54, 1.807) is 18.3 Å². The number of hydrogen-bond acceptors (Lipinski definition) is 5. The lowest BCUT2D eigenvalue weighted by Gasteiger charge is -2.06. The molecule has 3 rings (SSSR count). The third-order valence-corrected chi connectivity index (χ3v) is 2.80. The van der Waals surface area contributed by atoms with E-state index in [0.29, 0.717) is 12.5 Å². The SMILES string of the molecule is OCc1ccc(OCc2ccc3c(c2)OCO3)nc1. The van der Waals surface area contributed by atoms with Crippen LogP contribution in [0.2, 0.25) is 0 Å². The molecule has 1 aliphatic heterocycles. The van der Waals surface area contributed by atoms with Crippen LogP contribution in [0.1, 0.15) is 11.1 Å². The van der Waals surface area contributed by atoms with Crippen LogP contribution in [0.25, 0.3) is 0 Å². The largest absolute Gasteiger partial charge is 0.473 e. The van der Waals surface area contributed by atoms with Gasteiger partial charge in [0.2, 0.25) is 12.7 Å². The van der Waals surface area contributed by atoms with E-state index in [2.05, 4.69) is 4.98 Å². The zero-order valence-electron chi connectivity index (χ0n) is 10.2. The van der Waals surface area contributed by atoms with Gasteiger partial charge in [-0.3, -0.25) is 0 Å². The van der Waals surface area contributed by atoms with E-state index in [-0.39, 0.29) is 13.4 Å². The summed E-state index contributed by atoms with van der Waals surface area (Å²) >= 11 is 0. The molecule has 5 nitrogen and oxygen atoms in total. The van der Waals surface area contributed by atoms with Gasteiger partial charge in [-0.2, -0.15) is 0 Å². The molecule has 1 aromatic heterocycles. The summed E-state index contributed by atoms with van der Waals surface area (Å²) in [5.41, 5.74) is 1.74. The molecule has 0 atom stereocenters. The third kappa shape index (κ3) is 2.61. The fraction of sp³-hybridized carbons (Fsp3) is 0.214. The van der Waals surface area contributed by atoms with Crippen LogP contribution in [0.4, 0.5) is 0 Å². The lowest BCUT2D eigenvalue weighted by atomic mass is 10.2. The molecule has 0 spiro atoms. The Morgan fingerprint density at radius 1 is 1.11 bits per heavy atom. The predicted molar refractivity (Wildman–Crippen MR) is 67.1 cm³/mol. The second kappa shape index (κ2) is 5.16. The summed E-state index contributed by atoms with van der Waals surface area (Å²) in [7, 11) is 0. The van der Waals surface area contributed by atoms with Crippen molar-refractivity contribution in [2.24, 2.45) is 0 Å². The van der Waals surface area contributed by atoms with E-state index in [1.807, 2.05) is 18.2 Å². The minimum Gasteiger partial charge on any atom is -0.473 e. The Morgan fingerprint density at radius 3 is 2.74 bits per heavy atom. The van der Waals surface area contributed by atoms with Crippen molar-refractivity contribution < 1.29 is 19.3 Å². The lowest BCUT2D eigenvalue weighted by molar-refractivity contribution is 0.174. The molecular weight excluding hydrogens is 246 g/mol. The van der Waals surface area contributed by atoms with E-state index < -0.39 is 0 Å². The number of aromatic nitrogens is 1. The molecule has 0 fully saturated rings. The van der Waals surface area contributed by atoms with Crippen LogP contribution in [-0.2, 0) is 13.2 Å². The molecular formula is C14H13NO4. The van der Waals surface area contributed by atoms with Crippen LogP contribution in [0.15, 0.2) is 36.5 Å². The maximum atomic E-state index is 8.92. The molecule has 0 radical (unpaired) electrons. The Balaban J connectivity index is 1.65. The van der Waals surface area contributed by atoms with Crippen LogP contribution in [0.3, 0.4) is 0 Å². The molecule has 1 aromatic carbocycles. The number of aliphatic hydroxyl groups is 1. The Hall–Kier alpha value is -2.27. The summed E-state index contributed by atoms with van der Waals surface area (Å²) in [6, 6.07) is 9.20. The normalized spacial score (nSPS) is 12.5. The number of rotatable bonds is 4. The minimum absolute atomic E-state index is 0.0184. The molecule has 1 aliphatic rings. The molecule has 2 heterocycles. The first kappa shape index (κ1) is 11.8. The third-order valence-electron chi connectivity index (χ3n) is 2.80. The number of fused-ring (bicyclic) bond motifs is 1. The molecule has 19 heavy (non-hydrogen) atoms. The average molecular weight is 259 g/mol. The fourth-order valence-corrected chi connectivity index (χ4v) is 1.78. The van der Waals surface area contributed by atoms with Gasteiger partial charge in [-0.25, -0.2) is 4.98 Å². The highest BCUT2D eigenvalue weighted by Crippen LogP contribution is 2.32. The molecule has 0 saturated carbocycles. The second-order valence-electron chi connectivity index (χ2n) is 4.14. The van der Waals surface area contributed by atoms with Crippen LogP contribution in [0, 0.1) is 0 Å². The molecule has 5 heteroatoms. The Bertz CT molecular complexity index is 568. The van der Waals surface area contributed by atoms with E-state index in [9.17, 15) is 0 Å². The van der Waals surface area contributed by atoms with Crippen LogP contribution in [-0.4, -0.2) is 16.9 Å². The standard InChI is InChI=1S/C14H13NO4/c16-7-11-2-4-14(15-6-11)17-8-10-1-3-12-13(5-10)19-9-18-12/h1-6,16H,7-9H2. The number of pyridine rings is 1. The fourth-order valence-electron chi connectivity index (χ4n) is 1.78. The topological polar surface area (TPSA) is 60.8 Å². The number of ether oxygens (including phenoxy) is 3. The Kier molecular flexibility index (Phi) is 3.20. The van der Waals surface area contributed by atoms with Crippen molar-refractivity contribution in [1.29, 1.82) is 0 Å². The van der Waals surface area contributed by atoms with Crippen molar-refractivity contribution in [2.75, 3.05) is 6.79 Å². The monoisotopic (exact) mass is 259 g/mol. The number of benzene rings is 1. The van der Waals surface area contributed by atoms with Gasteiger partial charge in [0.1, 0.15) is 6.61 Å². The summed E-state index contributed by atoms with van der Waals surface area (Å²) in [6.45, 7) is 0.654. The predicted octanol–water partition coefficient (Wildman–Crippen LogP) is 1.88. The van der Waals surface area contributed by atoms with Crippen molar-refractivity contribution in [2.45, 2.75) is 13.2 Å². The highest BCUT2D eigenvalue weighted by atomic mass is 16.7. The van der Waals surface area contributed by atoms with Gasteiger partial charge in [-0.1, -0.05) is 6.07 Å². The van der Waals surface area contributed by atoms with E-state index in [0.717, 1.165) is 22.6 Å². The van der Waals surface area contributed by atoms with Crippen LogP contribution >= 0.6 is 0 Å². The molecule has 0 amide bonds. The molecule has 0 unspecified atom stereocenters. The summed E-state index contributed by atoms with van der Waals surface area (Å²) in [5.74, 6) is 2.02. The van der Waals surface area contributed by atoms with Gasteiger partial charge >= 0.3 is 0 Å². The Morgan fingerprint density at radius 2 is 1.95 bits per heavy atom. The summed E-state index contributed by atoms with van der Waals surface area (Å²) in [4.78, 5) is 4.10. The first-order chi connectivity index (χ1) is 9.35. The maximum absolute atomic E-state index is 8.92. The van der Waals surface area contributed by atoms with Crippen LogP contribution in [0.5, 0.6) is 17.4 Å². The van der Waals surface area contributed by atoms with Crippen molar-refractivity contribution >= 4 is 0 Å². The summed E-state index contributed by atoms with van der Waals surface area (Å²) < 4.78 is 16.1. The molecule has 2 aromatic rings. The minimum atomic E-state index is -0.0184. The molecule has 98 valence electrons. The zero-order valence-corrected chi connectivity index (χ0v) is 10.2. The Labute approximate surface area is 110 Å². The summed E-state index contributed by atoms with van der Waals surface area (Å²) in [6.07, 6.45) is 1.59. The van der Waals surface area contributed by atoms with Gasteiger partial charge in [-0.15, -0.1) is 0 Å².